The topological polar surface area (TPSA) is 62.1 Å². The van der Waals surface area contributed by atoms with Gasteiger partial charge in [0.15, 0.2) is 0 Å². The third-order valence-electron chi connectivity index (χ3n) is 4.56. The minimum atomic E-state index is 0.242. The molecule has 3 rings (SSSR count). The highest BCUT2D eigenvalue weighted by Crippen LogP contribution is 2.22. The average molecular weight is 285 g/mol. The third-order valence-corrected chi connectivity index (χ3v) is 4.56. The number of piperidine rings is 1. The van der Waals surface area contributed by atoms with Crippen molar-refractivity contribution in [1.29, 1.82) is 0 Å². The molecule has 1 aliphatic rings. The summed E-state index contributed by atoms with van der Waals surface area (Å²) >= 11 is 0. The number of fused-ring (bicyclic) bond motifs is 1. The molecule has 1 aliphatic heterocycles. The minimum Gasteiger partial charge on any atom is -0.361 e. The molecule has 0 bridgehead atoms. The van der Waals surface area contributed by atoms with Gasteiger partial charge in [-0.25, -0.2) is 0 Å². The van der Waals surface area contributed by atoms with Gasteiger partial charge < -0.3 is 15.6 Å². The predicted octanol–water partition coefficient (Wildman–Crippen LogP) is 2.30. The lowest BCUT2D eigenvalue weighted by Crippen LogP contribution is -2.39. The van der Waals surface area contributed by atoms with E-state index in [9.17, 15) is 4.79 Å². The normalized spacial score (nSPS) is 16.5. The number of carbonyl (C=O) groups excluding carboxylic acids is 1. The zero-order valence-corrected chi connectivity index (χ0v) is 12.3. The number of nitrogens with two attached hydrogens (primary N) is 1. The number of H-pyrrole nitrogens is 1. The Morgan fingerprint density at radius 2 is 2.05 bits per heavy atom. The van der Waals surface area contributed by atoms with Gasteiger partial charge in [0.25, 0.3) is 0 Å². The van der Waals surface area contributed by atoms with Crippen LogP contribution in [0, 0.1) is 5.92 Å². The Labute approximate surface area is 125 Å². The molecular formula is C17H23N3O. The van der Waals surface area contributed by atoms with E-state index < -0.39 is 0 Å². The zero-order valence-electron chi connectivity index (χ0n) is 12.3. The summed E-state index contributed by atoms with van der Waals surface area (Å²) in [5.41, 5.74) is 7.81. The molecule has 3 N–H and O–H groups in total. The molecule has 1 amide bonds. The van der Waals surface area contributed by atoms with Crippen molar-refractivity contribution in [2.75, 3.05) is 19.6 Å². The monoisotopic (exact) mass is 285 g/mol. The van der Waals surface area contributed by atoms with Crippen LogP contribution in [0.15, 0.2) is 30.5 Å². The number of benzene rings is 1. The van der Waals surface area contributed by atoms with Crippen LogP contribution in [0.2, 0.25) is 0 Å². The predicted molar refractivity (Wildman–Crippen MR) is 85.0 cm³/mol. The molecule has 0 atom stereocenters. The zero-order chi connectivity index (χ0) is 14.7. The van der Waals surface area contributed by atoms with Crippen LogP contribution in [0.1, 0.15) is 24.8 Å². The highest BCUT2D eigenvalue weighted by molar-refractivity contribution is 5.88. The van der Waals surface area contributed by atoms with Gasteiger partial charge in [-0.2, -0.15) is 0 Å². The van der Waals surface area contributed by atoms with Gasteiger partial charge in [0.05, 0.1) is 6.42 Å². The molecule has 0 radical (unpaired) electrons. The van der Waals surface area contributed by atoms with Crippen molar-refractivity contribution in [2.45, 2.75) is 25.7 Å². The van der Waals surface area contributed by atoms with Crippen LogP contribution in [0.25, 0.3) is 10.9 Å². The van der Waals surface area contributed by atoms with Gasteiger partial charge in [-0.15, -0.1) is 0 Å². The number of nitrogens with zero attached hydrogens (tertiary/aromatic N) is 1. The van der Waals surface area contributed by atoms with Crippen molar-refractivity contribution in [3.05, 3.63) is 36.0 Å². The van der Waals surface area contributed by atoms with Gasteiger partial charge in [0.1, 0.15) is 0 Å². The van der Waals surface area contributed by atoms with Gasteiger partial charge in [0, 0.05) is 30.2 Å². The van der Waals surface area contributed by atoms with Crippen LogP contribution >= 0.6 is 0 Å². The maximum atomic E-state index is 12.5. The van der Waals surface area contributed by atoms with Crippen LogP contribution < -0.4 is 5.73 Å². The summed E-state index contributed by atoms with van der Waals surface area (Å²) < 4.78 is 0. The van der Waals surface area contributed by atoms with E-state index >= 15 is 0 Å². The molecule has 4 heteroatoms. The lowest BCUT2D eigenvalue weighted by molar-refractivity contribution is -0.131. The number of amides is 1. The summed E-state index contributed by atoms with van der Waals surface area (Å²) in [5.74, 6) is 0.943. The summed E-state index contributed by atoms with van der Waals surface area (Å²) in [6, 6.07) is 8.14. The summed E-state index contributed by atoms with van der Waals surface area (Å²) in [6.45, 7) is 2.52. The highest BCUT2D eigenvalue weighted by atomic mass is 16.2. The molecule has 1 aromatic carbocycles. The van der Waals surface area contributed by atoms with Crippen molar-refractivity contribution >= 4 is 16.8 Å². The number of likely N-dealkylation sites (tertiary alicyclic amines) is 1. The number of aromatic nitrogens is 1. The third kappa shape index (κ3) is 3.10. The lowest BCUT2D eigenvalue weighted by atomic mass is 9.93. The molecule has 1 saturated heterocycles. The van der Waals surface area contributed by atoms with Crippen molar-refractivity contribution in [3.63, 3.8) is 0 Å². The summed E-state index contributed by atoms with van der Waals surface area (Å²) in [5, 5.41) is 1.16. The standard InChI is InChI=1S/C17H23N3O/c18-8-5-13-6-9-20(10-7-13)17(21)11-14-12-19-16-4-2-1-3-15(14)16/h1-4,12-13,19H,5-11,18H2. The first-order valence-electron chi connectivity index (χ1n) is 7.80. The van der Waals surface area contributed by atoms with Crippen LogP contribution in [0.5, 0.6) is 0 Å². The molecule has 2 heterocycles. The van der Waals surface area contributed by atoms with Gasteiger partial charge in [-0.3, -0.25) is 4.79 Å². The Morgan fingerprint density at radius 3 is 2.81 bits per heavy atom. The average Bonchev–Trinajstić information content (AvgIpc) is 2.92. The van der Waals surface area contributed by atoms with E-state index in [2.05, 4.69) is 11.1 Å². The molecule has 21 heavy (non-hydrogen) atoms. The van der Waals surface area contributed by atoms with E-state index in [0.29, 0.717) is 12.3 Å². The molecule has 0 spiro atoms. The number of para-hydroxylation sites is 1. The van der Waals surface area contributed by atoms with E-state index in [0.717, 1.165) is 55.4 Å². The lowest BCUT2D eigenvalue weighted by Gasteiger charge is -2.32. The van der Waals surface area contributed by atoms with Gasteiger partial charge >= 0.3 is 0 Å². The quantitative estimate of drug-likeness (QED) is 0.905. The van der Waals surface area contributed by atoms with E-state index in [4.69, 9.17) is 5.73 Å². The number of carbonyl (C=O) groups is 1. The number of rotatable bonds is 4. The van der Waals surface area contributed by atoms with E-state index in [-0.39, 0.29) is 5.91 Å². The number of hydrogen-bond donors (Lipinski definition) is 2. The molecular weight excluding hydrogens is 262 g/mol. The first-order valence-corrected chi connectivity index (χ1v) is 7.80. The highest BCUT2D eigenvalue weighted by Gasteiger charge is 2.22. The molecule has 1 aromatic heterocycles. The van der Waals surface area contributed by atoms with Gasteiger partial charge in [-0.05, 0) is 43.4 Å². The van der Waals surface area contributed by atoms with E-state index in [1.165, 1.54) is 0 Å². The minimum absolute atomic E-state index is 0.242. The van der Waals surface area contributed by atoms with Crippen LogP contribution in [-0.4, -0.2) is 35.4 Å². The van der Waals surface area contributed by atoms with Crippen molar-refractivity contribution in [2.24, 2.45) is 11.7 Å². The van der Waals surface area contributed by atoms with Crippen molar-refractivity contribution in [3.8, 4) is 0 Å². The Bertz CT molecular complexity index is 611. The SMILES string of the molecule is NCCC1CCN(C(=O)Cc2c[nH]c3ccccc23)CC1. The second kappa shape index (κ2) is 6.31. The van der Waals surface area contributed by atoms with Crippen LogP contribution in [0.4, 0.5) is 0 Å². The van der Waals surface area contributed by atoms with Crippen LogP contribution in [0.3, 0.4) is 0 Å². The fourth-order valence-electron chi connectivity index (χ4n) is 3.26. The number of nitrogens with one attached hydrogen (secondary N) is 1. The van der Waals surface area contributed by atoms with Gasteiger partial charge in [-0.1, -0.05) is 18.2 Å². The number of hydrogen-bond acceptors (Lipinski definition) is 2. The molecule has 112 valence electrons. The van der Waals surface area contributed by atoms with E-state index in [1.807, 2.05) is 29.3 Å². The maximum Gasteiger partial charge on any atom is 0.227 e. The Kier molecular flexibility index (Phi) is 4.25. The molecule has 1 fully saturated rings. The fourth-order valence-corrected chi connectivity index (χ4v) is 3.26. The van der Waals surface area contributed by atoms with Gasteiger partial charge in [0.2, 0.25) is 5.91 Å². The van der Waals surface area contributed by atoms with Crippen molar-refractivity contribution in [1.82, 2.24) is 9.88 Å². The molecule has 4 nitrogen and oxygen atoms in total. The molecule has 2 aromatic rings. The Hall–Kier alpha value is -1.81. The fraction of sp³-hybridized carbons (Fsp3) is 0.471. The van der Waals surface area contributed by atoms with Crippen LogP contribution in [-0.2, 0) is 11.2 Å². The Balaban J connectivity index is 1.62. The molecule has 0 aliphatic carbocycles. The molecule has 0 unspecified atom stereocenters. The molecule has 0 saturated carbocycles. The summed E-state index contributed by atoms with van der Waals surface area (Å²) in [6.07, 6.45) is 5.73. The summed E-state index contributed by atoms with van der Waals surface area (Å²) in [7, 11) is 0. The largest absolute Gasteiger partial charge is 0.361 e. The second-order valence-corrected chi connectivity index (χ2v) is 5.94. The maximum absolute atomic E-state index is 12.5. The Morgan fingerprint density at radius 1 is 1.29 bits per heavy atom. The second-order valence-electron chi connectivity index (χ2n) is 5.94. The first kappa shape index (κ1) is 14.1. The smallest absolute Gasteiger partial charge is 0.227 e. The number of aromatic amines is 1. The van der Waals surface area contributed by atoms with Crippen molar-refractivity contribution < 1.29 is 4.79 Å². The van der Waals surface area contributed by atoms with E-state index in [1.54, 1.807) is 0 Å². The summed E-state index contributed by atoms with van der Waals surface area (Å²) in [4.78, 5) is 17.7. The first-order chi connectivity index (χ1) is 10.3.